The van der Waals surface area contributed by atoms with E-state index in [1.807, 2.05) is 24.3 Å². The van der Waals surface area contributed by atoms with Gasteiger partial charge in [-0.25, -0.2) is 0 Å². The van der Waals surface area contributed by atoms with Gasteiger partial charge in [-0.15, -0.1) is 5.92 Å². The Balaban J connectivity index is 1.38. The summed E-state index contributed by atoms with van der Waals surface area (Å²) in [6.07, 6.45) is 2.34. The molecule has 1 N–H and O–H groups in total. The van der Waals surface area contributed by atoms with Crippen molar-refractivity contribution in [1.29, 1.82) is 0 Å². The van der Waals surface area contributed by atoms with Gasteiger partial charge in [-0.2, -0.15) is 0 Å². The molecule has 1 heterocycles. The summed E-state index contributed by atoms with van der Waals surface area (Å²) in [5.74, 6) is 5.40. The van der Waals surface area contributed by atoms with Crippen molar-refractivity contribution in [3.05, 3.63) is 95.1 Å². The molecule has 0 aliphatic carbocycles. The van der Waals surface area contributed by atoms with Gasteiger partial charge in [-0.1, -0.05) is 60.5 Å². The second-order valence-electron chi connectivity index (χ2n) is 8.38. The summed E-state index contributed by atoms with van der Waals surface area (Å²) in [5.41, 5.74) is 6.07. The van der Waals surface area contributed by atoms with Crippen LogP contribution in [0, 0.1) is 11.8 Å². The molecule has 4 heteroatoms. The molecule has 3 aromatic carbocycles. The van der Waals surface area contributed by atoms with Crippen LogP contribution in [0.4, 0.5) is 5.69 Å². The van der Waals surface area contributed by atoms with Crippen molar-refractivity contribution >= 4 is 11.7 Å². The van der Waals surface area contributed by atoms with E-state index in [0.717, 1.165) is 36.4 Å². The Bertz CT molecular complexity index is 1160. The zero-order valence-corrected chi connectivity index (χ0v) is 19.0. The third-order valence-corrected chi connectivity index (χ3v) is 5.96. The van der Waals surface area contributed by atoms with Crippen LogP contribution in [0.1, 0.15) is 47.9 Å². The highest BCUT2D eigenvalue weighted by molar-refractivity contribution is 5.69. The number of nitrogens with zero attached hydrogens (tertiary/aromatic N) is 1. The smallest absolute Gasteiger partial charge is 0.304 e. The second-order valence-corrected chi connectivity index (χ2v) is 8.38. The summed E-state index contributed by atoms with van der Waals surface area (Å²) >= 11 is 0. The summed E-state index contributed by atoms with van der Waals surface area (Å²) in [7, 11) is 0. The summed E-state index contributed by atoms with van der Waals surface area (Å²) in [6, 6.07) is 24.8. The average Bonchev–Trinajstić information content (AvgIpc) is 2.83. The molecular formula is C29H29NO3. The summed E-state index contributed by atoms with van der Waals surface area (Å²) in [4.78, 5) is 13.6. The van der Waals surface area contributed by atoms with E-state index in [1.54, 1.807) is 6.92 Å². The lowest BCUT2D eigenvalue weighted by Gasteiger charge is -2.31. The summed E-state index contributed by atoms with van der Waals surface area (Å²) in [6.45, 7) is 4.18. The van der Waals surface area contributed by atoms with E-state index in [-0.39, 0.29) is 12.3 Å². The molecule has 3 aromatic rings. The number of anilines is 1. The minimum atomic E-state index is -0.851. The molecule has 0 amide bonds. The molecule has 0 fully saturated rings. The first kappa shape index (κ1) is 22.5. The largest absolute Gasteiger partial charge is 0.489 e. The Labute approximate surface area is 195 Å². The van der Waals surface area contributed by atoms with E-state index >= 15 is 0 Å². The molecule has 1 aliphatic heterocycles. The number of carboxylic acids is 1. The molecule has 168 valence electrons. The highest BCUT2D eigenvalue weighted by Gasteiger charge is 2.16. The van der Waals surface area contributed by atoms with Crippen LogP contribution in [0.2, 0.25) is 0 Å². The van der Waals surface area contributed by atoms with Gasteiger partial charge in [-0.3, -0.25) is 4.79 Å². The molecule has 0 saturated carbocycles. The lowest BCUT2D eigenvalue weighted by atomic mass is 9.96. The van der Waals surface area contributed by atoms with Crippen LogP contribution in [0.3, 0.4) is 0 Å². The number of fused-ring (bicyclic) bond motifs is 1. The Morgan fingerprint density at radius 3 is 2.64 bits per heavy atom. The van der Waals surface area contributed by atoms with Gasteiger partial charge in [0.15, 0.2) is 0 Å². The first-order valence-electron chi connectivity index (χ1n) is 11.4. The number of hydrogen-bond donors (Lipinski definition) is 1. The molecule has 0 radical (unpaired) electrons. The number of benzene rings is 3. The minimum Gasteiger partial charge on any atom is -0.489 e. The number of para-hydroxylation sites is 1. The normalized spacial score (nSPS) is 13.4. The predicted octanol–water partition coefficient (Wildman–Crippen LogP) is 5.80. The van der Waals surface area contributed by atoms with Crippen LogP contribution in [0.15, 0.2) is 72.8 Å². The number of aryl methyl sites for hydroxylation is 1. The standard InChI is InChI=1S/C29H29NO3/c1-2-7-26(19-29(31)32)24-13-15-27(16-14-24)33-21-23-9-5-8-22(18-23)20-30-17-6-11-25-10-3-4-12-28(25)30/h3-5,8-10,12-16,18,26H,6,11,17,19-21H2,1H3,(H,31,32). The van der Waals surface area contributed by atoms with E-state index < -0.39 is 5.97 Å². The SMILES string of the molecule is CC#CC(CC(=O)O)c1ccc(OCc2cccc(CN3CCCc4ccccc43)c2)cc1. The van der Waals surface area contributed by atoms with Gasteiger partial charge in [0.1, 0.15) is 12.4 Å². The number of ether oxygens (including phenoxy) is 1. The van der Waals surface area contributed by atoms with Crippen LogP contribution in [0.5, 0.6) is 5.75 Å². The fourth-order valence-corrected chi connectivity index (χ4v) is 4.38. The van der Waals surface area contributed by atoms with Crippen molar-refractivity contribution in [2.75, 3.05) is 11.4 Å². The Morgan fingerprint density at radius 1 is 1.06 bits per heavy atom. The summed E-state index contributed by atoms with van der Waals surface area (Å²) in [5, 5.41) is 9.12. The van der Waals surface area contributed by atoms with E-state index in [4.69, 9.17) is 9.84 Å². The van der Waals surface area contributed by atoms with Crippen molar-refractivity contribution in [3.8, 4) is 17.6 Å². The Morgan fingerprint density at radius 2 is 1.85 bits per heavy atom. The number of carboxylic acid groups (broad SMARTS) is 1. The first-order valence-corrected chi connectivity index (χ1v) is 11.4. The lowest BCUT2D eigenvalue weighted by Crippen LogP contribution is -2.28. The number of carbonyl (C=O) groups is 1. The molecule has 4 rings (SSSR count). The predicted molar refractivity (Wildman–Crippen MR) is 131 cm³/mol. The molecule has 4 nitrogen and oxygen atoms in total. The van der Waals surface area contributed by atoms with E-state index in [0.29, 0.717) is 6.61 Å². The van der Waals surface area contributed by atoms with Crippen LogP contribution >= 0.6 is 0 Å². The first-order chi connectivity index (χ1) is 16.1. The molecule has 0 bridgehead atoms. The summed E-state index contributed by atoms with van der Waals surface area (Å²) < 4.78 is 6.00. The third-order valence-electron chi connectivity index (χ3n) is 5.96. The molecule has 0 aromatic heterocycles. The highest BCUT2D eigenvalue weighted by Crippen LogP contribution is 2.28. The monoisotopic (exact) mass is 439 g/mol. The molecule has 1 aliphatic rings. The highest BCUT2D eigenvalue weighted by atomic mass is 16.5. The maximum absolute atomic E-state index is 11.1. The van der Waals surface area contributed by atoms with Gasteiger partial charge < -0.3 is 14.7 Å². The van der Waals surface area contributed by atoms with Gasteiger partial charge in [0, 0.05) is 18.8 Å². The van der Waals surface area contributed by atoms with Crippen LogP contribution in [0.25, 0.3) is 0 Å². The molecule has 0 saturated heterocycles. The maximum atomic E-state index is 11.1. The minimum absolute atomic E-state index is 0.00463. The average molecular weight is 440 g/mol. The van der Waals surface area contributed by atoms with Crippen LogP contribution < -0.4 is 9.64 Å². The van der Waals surface area contributed by atoms with Crippen molar-refractivity contribution in [2.45, 2.75) is 45.3 Å². The number of hydrogen-bond acceptors (Lipinski definition) is 3. The van der Waals surface area contributed by atoms with Gasteiger partial charge in [0.25, 0.3) is 0 Å². The quantitative estimate of drug-likeness (QED) is 0.451. The molecular weight excluding hydrogens is 410 g/mol. The van der Waals surface area contributed by atoms with Crippen molar-refractivity contribution < 1.29 is 14.6 Å². The van der Waals surface area contributed by atoms with Gasteiger partial charge >= 0.3 is 5.97 Å². The third kappa shape index (κ3) is 5.96. The zero-order valence-electron chi connectivity index (χ0n) is 19.0. The molecule has 0 spiro atoms. The van der Waals surface area contributed by atoms with Crippen LogP contribution in [-0.2, 0) is 24.4 Å². The zero-order chi connectivity index (χ0) is 23.0. The topological polar surface area (TPSA) is 49.8 Å². The Hall–Kier alpha value is -3.71. The van der Waals surface area contributed by atoms with Gasteiger partial charge in [0.2, 0.25) is 0 Å². The van der Waals surface area contributed by atoms with Crippen molar-refractivity contribution in [1.82, 2.24) is 0 Å². The van der Waals surface area contributed by atoms with Crippen molar-refractivity contribution in [3.63, 3.8) is 0 Å². The van der Waals surface area contributed by atoms with E-state index in [9.17, 15) is 4.79 Å². The van der Waals surface area contributed by atoms with Gasteiger partial charge in [0.05, 0.1) is 12.3 Å². The Kier molecular flexibility index (Phi) is 7.32. The van der Waals surface area contributed by atoms with Crippen molar-refractivity contribution in [2.24, 2.45) is 0 Å². The molecule has 1 unspecified atom stereocenters. The fourth-order valence-electron chi connectivity index (χ4n) is 4.38. The van der Waals surface area contributed by atoms with E-state index in [1.165, 1.54) is 23.2 Å². The lowest BCUT2D eigenvalue weighted by molar-refractivity contribution is -0.137. The number of aliphatic carboxylic acids is 1. The second kappa shape index (κ2) is 10.7. The van der Waals surface area contributed by atoms with Crippen LogP contribution in [-0.4, -0.2) is 17.6 Å². The molecule has 33 heavy (non-hydrogen) atoms. The molecule has 1 atom stereocenters. The fraction of sp³-hybridized carbons (Fsp3) is 0.276. The van der Waals surface area contributed by atoms with Gasteiger partial charge in [-0.05, 0) is 60.2 Å². The maximum Gasteiger partial charge on any atom is 0.304 e. The number of rotatable bonds is 8. The van der Waals surface area contributed by atoms with E-state index in [2.05, 4.69) is 65.3 Å².